The molecule has 0 amide bonds. The molecule has 0 unspecified atom stereocenters. The number of aliphatic imine (C=N–C) groups is 1. The molecule has 214 valence electrons. The van der Waals surface area contributed by atoms with E-state index in [0.29, 0.717) is 28.2 Å². The molecule has 2 aromatic carbocycles. The quantitative estimate of drug-likeness (QED) is 0.143. The van der Waals surface area contributed by atoms with E-state index >= 15 is 0 Å². The van der Waals surface area contributed by atoms with Gasteiger partial charge in [0.15, 0.2) is 17.1 Å². The molecule has 0 aliphatic heterocycles. The van der Waals surface area contributed by atoms with Gasteiger partial charge in [-0.3, -0.25) is 5.41 Å². The van der Waals surface area contributed by atoms with Crippen LogP contribution >= 0.6 is 0 Å². The van der Waals surface area contributed by atoms with E-state index in [2.05, 4.69) is 19.9 Å². The van der Waals surface area contributed by atoms with Crippen molar-refractivity contribution in [2.45, 2.75) is 52.7 Å². The Balaban J connectivity index is 1.86. The molecular weight excluding hydrogens is 526 g/mol. The number of imidazole rings is 1. The minimum atomic E-state index is -0.755. The Morgan fingerprint density at radius 3 is 2.34 bits per heavy atom. The molecule has 0 aliphatic rings. The number of rotatable bonds is 7. The van der Waals surface area contributed by atoms with Crippen LogP contribution in [0.1, 0.15) is 57.5 Å². The van der Waals surface area contributed by atoms with Crippen LogP contribution in [-0.4, -0.2) is 42.9 Å². The summed E-state index contributed by atoms with van der Waals surface area (Å²) in [5.74, 6) is -0.482. The summed E-state index contributed by atoms with van der Waals surface area (Å²) < 4.78 is 19.6. The van der Waals surface area contributed by atoms with Gasteiger partial charge in [0.25, 0.3) is 5.88 Å². The standard InChI is InChI=1S/C28H33N9O4/c1-27(2,3)37-14-33-20-22(37)35-26(39-17-9-7-8-16(13-17)34-25(31)32)36-23(20)40-19-12-15(21(29)30)10-11-18(19)24(38)41-28(4,5)6/h7-14H,1-6H3,(H3,29,30)(H4,31,32,34). The number of carbonyl (C=O) groups excluding carboxylic acids is 1. The number of amidine groups is 1. The number of fused-ring (bicyclic) bond motifs is 1. The number of nitrogen functional groups attached to an aromatic ring is 1. The molecule has 0 atom stereocenters. The van der Waals surface area contributed by atoms with E-state index in [-0.39, 0.29) is 35.0 Å². The summed E-state index contributed by atoms with van der Waals surface area (Å²) in [5, 5.41) is 7.88. The highest BCUT2D eigenvalue weighted by Crippen LogP contribution is 2.35. The summed E-state index contributed by atoms with van der Waals surface area (Å²) in [4.78, 5) is 30.7. The molecule has 2 aromatic heterocycles. The molecule has 4 rings (SSSR count). The van der Waals surface area contributed by atoms with Gasteiger partial charge in [0.2, 0.25) is 0 Å². The van der Waals surface area contributed by atoms with Gasteiger partial charge in [0.05, 0.1) is 12.0 Å². The largest absolute Gasteiger partial charge is 0.456 e. The van der Waals surface area contributed by atoms with Gasteiger partial charge in [-0.2, -0.15) is 9.97 Å². The van der Waals surface area contributed by atoms with E-state index in [1.165, 1.54) is 18.2 Å². The van der Waals surface area contributed by atoms with Gasteiger partial charge in [-0.25, -0.2) is 14.8 Å². The molecule has 7 N–H and O–H groups in total. The average Bonchev–Trinajstić information content (AvgIpc) is 3.27. The maximum atomic E-state index is 13.1. The molecule has 4 aromatic rings. The van der Waals surface area contributed by atoms with E-state index in [1.807, 2.05) is 25.3 Å². The van der Waals surface area contributed by atoms with Crippen molar-refractivity contribution >= 4 is 34.6 Å². The fourth-order valence-electron chi connectivity index (χ4n) is 3.71. The Morgan fingerprint density at radius 2 is 1.71 bits per heavy atom. The number of nitrogens with one attached hydrogen (secondary N) is 1. The summed E-state index contributed by atoms with van der Waals surface area (Å²) >= 11 is 0. The SMILES string of the molecule is CC(C)(C)OC(=O)c1ccc(C(=N)N)cc1Oc1nc(Oc2cccc(N=C(N)N)c2)nc2c1ncn2C(C)(C)C. The third-order valence-corrected chi connectivity index (χ3v) is 5.47. The highest BCUT2D eigenvalue weighted by atomic mass is 16.6. The van der Waals surface area contributed by atoms with Gasteiger partial charge in [0.1, 0.15) is 28.5 Å². The number of hydrogen-bond donors (Lipinski definition) is 4. The molecule has 0 radical (unpaired) electrons. The molecular formula is C28H33N9O4. The highest BCUT2D eigenvalue weighted by Gasteiger charge is 2.26. The monoisotopic (exact) mass is 559 g/mol. The summed E-state index contributed by atoms with van der Waals surface area (Å²) in [5.41, 5.74) is 17.3. The number of carbonyl (C=O) groups is 1. The Bertz CT molecular complexity index is 1660. The van der Waals surface area contributed by atoms with Crippen molar-refractivity contribution in [3.63, 3.8) is 0 Å². The summed E-state index contributed by atoms with van der Waals surface area (Å²) in [6.07, 6.45) is 1.62. The van der Waals surface area contributed by atoms with Crippen molar-refractivity contribution in [2.24, 2.45) is 22.2 Å². The highest BCUT2D eigenvalue weighted by molar-refractivity contribution is 5.99. The zero-order valence-corrected chi connectivity index (χ0v) is 23.7. The van der Waals surface area contributed by atoms with E-state index in [9.17, 15) is 4.79 Å². The number of esters is 1. The van der Waals surface area contributed by atoms with Crippen LogP contribution < -0.4 is 26.7 Å². The van der Waals surface area contributed by atoms with Crippen molar-refractivity contribution in [1.82, 2.24) is 19.5 Å². The smallest absolute Gasteiger partial charge is 0.342 e. The second-order valence-electron chi connectivity index (χ2n) is 11.1. The Labute approximate surface area is 236 Å². The third-order valence-electron chi connectivity index (χ3n) is 5.47. The van der Waals surface area contributed by atoms with Gasteiger partial charge >= 0.3 is 12.0 Å². The Morgan fingerprint density at radius 1 is 0.976 bits per heavy atom. The fraction of sp³-hybridized carbons (Fsp3) is 0.286. The number of ether oxygens (including phenoxy) is 3. The first-order valence-corrected chi connectivity index (χ1v) is 12.6. The van der Waals surface area contributed by atoms with Crippen LogP contribution in [0.3, 0.4) is 0 Å². The molecule has 0 saturated heterocycles. The van der Waals surface area contributed by atoms with Crippen LogP contribution in [0, 0.1) is 5.41 Å². The maximum absolute atomic E-state index is 13.1. The lowest BCUT2D eigenvalue weighted by atomic mass is 10.1. The lowest BCUT2D eigenvalue weighted by molar-refractivity contribution is 0.00671. The number of nitrogens with zero attached hydrogens (tertiary/aromatic N) is 5. The van der Waals surface area contributed by atoms with E-state index < -0.39 is 17.1 Å². The van der Waals surface area contributed by atoms with Crippen LogP contribution in [0.5, 0.6) is 23.4 Å². The molecule has 0 saturated carbocycles. The van der Waals surface area contributed by atoms with E-state index in [4.69, 9.17) is 36.8 Å². The minimum absolute atomic E-state index is 0.0129. The second kappa shape index (κ2) is 10.8. The minimum Gasteiger partial charge on any atom is -0.456 e. The fourth-order valence-corrected chi connectivity index (χ4v) is 3.71. The normalized spacial score (nSPS) is 11.7. The van der Waals surface area contributed by atoms with Gasteiger partial charge in [-0.1, -0.05) is 12.1 Å². The topological polar surface area (TPSA) is 203 Å². The molecule has 0 aliphatic carbocycles. The number of nitrogens with two attached hydrogens (primary N) is 3. The van der Waals surface area contributed by atoms with Crippen LogP contribution in [0.25, 0.3) is 11.2 Å². The first kappa shape index (κ1) is 28.8. The lowest BCUT2D eigenvalue weighted by Crippen LogP contribution is -2.24. The Hall–Kier alpha value is -5.20. The molecule has 2 heterocycles. The van der Waals surface area contributed by atoms with Crippen LogP contribution in [0.2, 0.25) is 0 Å². The summed E-state index contributed by atoms with van der Waals surface area (Å²) in [6, 6.07) is 11.2. The van der Waals surface area contributed by atoms with Crippen LogP contribution in [0.4, 0.5) is 5.69 Å². The zero-order valence-electron chi connectivity index (χ0n) is 23.7. The first-order chi connectivity index (χ1) is 19.1. The van der Waals surface area contributed by atoms with Crippen molar-refractivity contribution in [3.05, 3.63) is 59.9 Å². The van der Waals surface area contributed by atoms with Crippen molar-refractivity contribution in [1.29, 1.82) is 5.41 Å². The summed E-state index contributed by atoms with van der Waals surface area (Å²) in [6.45, 7) is 11.3. The predicted octanol–water partition coefficient (Wildman–Crippen LogP) is 4.31. The molecule has 13 heteroatoms. The average molecular weight is 560 g/mol. The zero-order chi connectivity index (χ0) is 30.1. The predicted molar refractivity (Wildman–Crippen MR) is 155 cm³/mol. The molecule has 0 bridgehead atoms. The van der Waals surface area contributed by atoms with Gasteiger partial charge in [0, 0.05) is 17.2 Å². The first-order valence-electron chi connectivity index (χ1n) is 12.6. The van der Waals surface area contributed by atoms with Crippen molar-refractivity contribution in [3.8, 4) is 23.4 Å². The Kier molecular flexibility index (Phi) is 7.55. The maximum Gasteiger partial charge on any atom is 0.342 e. The van der Waals surface area contributed by atoms with Gasteiger partial charge in [-0.15, -0.1) is 0 Å². The van der Waals surface area contributed by atoms with Crippen LogP contribution in [0.15, 0.2) is 53.8 Å². The number of benzene rings is 2. The molecule has 0 fully saturated rings. The second-order valence-corrected chi connectivity index (χ2v) is 11.1. The third kappa shape index (κ3) is 6.87. The molecule has 41 heavy (non-hydrogen) atoms. The van der Waals surface area contributed by atoms with Gasteiger partial charge in [-0.05, 0) is 65.8 Å². The van der Waals surface area contributed by atoms with Crippen molar-refractivity contribution < 1.29 is 19.0 Å². The molecule has 13 nitrogen and oxygen atoms in total. The lowest BCUT2D eigenvalue weighted by Gasteiger charge is -2.21. The summed E-state index contributed by atoms with van der Waals surface area (Å²) in [7, 11) is 0. The molecule has 0 spiro atoms. The number of hydrogen-bond acceptors (Lipinski definition) is 9. The van der Waals surface area contributed by atoms with Crippen LogP contribution in [-0.2, 0) is 10.3 Å². The number of guanidine groups is 1. The van der Waals surface area contributed by atoms with Gasteiger partial charge < -0.3 is 36.0 Å². The van der Waals surface area contributed by atoms with E-state index in [1.54, 1.807) is 51.4 Å². The number of aromatic nitrogens is 4. The van der Waals surface area contributed by atoms with Crippen molar-refractivity contribution in [2.75, 3.05) is 0 Å². The van der Waals surface area contributed by atoms with E-state index in [0.717, 1.165) is 0 Å².